The number of carbonyl (C=O) groups excluding carboxylic acids is 2. The summed E-state index contributed by atoms with van der Waals surface area (Å²) in [4.78, 5) is 27.1. The summed E-state index contributed by atoms with van der Waals surface area (Å²) in [5.41, 5.74) is 2.29. The van der Waals surface area contributed by atoms with Gasteiger partial charge in [0.25, 0.3) is 5.91 Å². The molecular weight excluding hydrogens is 543 g/mol. The van der Waals surface area contributed by atoms with Gasteiger partial charge < -0.3 is 20.1 Å². The summed E-state index contributed by atoms with van der Waals surface area (Å²) in [5, 5.41) is 6.03. The lowest BCUT2D eigenvalue weighted by Crippen LogP contribution is -2.19. The molecule has 2 N–H and O–H groups in total. The smallest absolute Gasteiger partial charge is 0.263 e. The van der Waals surface area contributed by atoms with E-state index >= 15 is 0 Å². The maximum absolute atomic E-state index is 13.3. The Hall–Kier alpha value is -3.65. The van der Waals surface area contributed by atoms with Gasteiger partial charge in [-0.25, -0.2) is 0 Å². The number of hydrogen-bond acceptors (Lipinski definition) is 5. The zero-order chi connectivity index (χ0) is 27.1. The average molecular weight is 567 g/mol. The molecule has 0 heterocycles. The van der Waals surface area contributed by atoms with Crippen molar-refractivity contribution in [2.45, 2.75) is 10.1 Å². The molecule has 4 aromatic rings. The highest BCUT2D eigenvalue weighted by Crippen LogP contribution is 2.37. The Labute approximate surface area is 235 Å². The molecule has 194 valence electrons. The number of carbonyl (C=O) groups is 2. The number of rotatable bonds is 9. The molecule has 0 aromatic heterocycles. The molecule has 9 heteroatoms. The van der Waals surface area contributed by atoms with Gasteiger partial charge in [-0.3, -0.25) is 9.59 Å². The molecule has 38 heavy (non-hydrogen) atoms. The third-order valence-electron chi connectivity index (χ3n) is 5.55. The van der Waals surface area contributed by atoms with E-state index in [0.717, 1.165) is 10.5 Å². The molecule has 0 aliphatic rings. The molecule has 0 radical (unpaired) electrons. The summed E-state index contributed by atoms with van der Waals surface area (Å²) in [6.45, 7) is 0. The lowest BCUT2D eigenvalue weighted by atomic mass is 10.1. The highest BCUT2D eigenvalue weighted by molar-refractivity contribution is 8.00. The number of ether oxygens (including phenoxy) is 2. The topological polar surface area (TPSA) is 76.7 Å². The molecule has 1 atom stereocenters. The van der Waals surface area contributed by atoms with E-state index in [4.69, 9.17) is 32.7 Å². The monoisotopic (exact) mass is 566 g/mol. The molecule has 0 bridgehead atoms. The number of methoxy groups -OCH3 is 2. The van der Waals surface area contributed by atoms with Crippen LogP contribution >= 0.6 is 35.0 Å². The summed E-state index contributed by atoms with van der Waals surface area (Å²) in [6, 6.07) is 26.8. The fraction of sp³-hybridized carbons (Fsp3) is 0.103. The molecule has 2 amide bonds. The quantitative estimate of drug-likeness (QED) is 0.203. The van der Waals surface area contributed by atoms with Crippen molar-refractivity contribution in [3.8, 4) is 11.5 Å². The Bertz CT molecular complexity index is 1410. The van der Waals surface area contributed by atoms with Gasteiger partial charge in [-0.1, -0.05) is 59.6 Å². The van der Waals surface area contributed by atoms with E-state index in [1.54, 1.807) is 48.5 Å². The number of halogens is 2. The Morgan fingerprint density at radius 3 is 1.97 bits per heavy atom. The second-order valence-corrected chi connectivity index (χ2v) is 10.0. The van der Waals surface area contributed by atoms with Crippen LogP contribution in [0.4, 0.5) is 11.4 Å². The predicted molar refractivity (Wildman–Crippen MR) is 154 cm³/mol. The Morgan fingerprint density at radius 2 is 1.37 bits per heavy atom. The number of anilines is 2. The summed E-state index contributed by atoms with van der Waals surface area (Å²) in [6.07, 6.45) is 0. The lowest BCUT2D eigenvalue weighted by Gasteiger charge is -2.18. The molecular formula is C29H24Cl2N2O4S. The van der Waals surface area contributed by atoms with Gasteiger partial charge in [0.1, 0.15) is 22.3 Å². The SMILES string of the molecule is COc1cccc(OC)c1C(=O)Nc1ccc(SC(C(=O)Nc2ccc(Cl)c(Cl)c2)c2ccccc2)cc1. The minimum Gasteiger partial charge on any atom is -0.496 e. The zero-order valence-corrected chi connectivity index (χ0v) is 22.9. The van der Waals surface area contributed by atoms with Crippen LogP contribution in [0.15, 0.2) is 95.9 Å². The van der Waals surface area contributed by atoms with Gasteiger partial charge in [0.2, 0.25) is 5.91 Å². The summed E-state index contributed by atoms with van der Waals surface area (Å²) >= 11 is 13.5. The van der Waals surface area contributed by atoms with Gasteiger partial charge in [0.05, 0.1) is 24.3 Å². The van der Waals surface area contributed by atoms with Crippen LogP contribution in [0.1, 0.15) is 21.2 Å². The van der Waals surface area contributed by atoms with Crippen LogP contribution in [-0.4, -0.2) is 26.0 Å². The van der Waals surface area contributed by atoms with Crippen LogP contribution in [0.25, 0.3) is 0 Å². The van der Waals surface area contributed by atoms with Crippen molar-refractivity contribution in [2.75, 3.05) is 24.9 Å². The molecule has 6 nitrogen and oxygen atoms in total. The van der Waals surface area contributed by atoms with E-state index in [1.165, 1.54) is 26.0 Å². The first kappa shape index (κ1) is 27.4. The summed E-state index contributed by atoms with van der Waals surface area (Å²) in [5.74, 6) is 0.253. The van der Waals surface area contributed by atoms with Crippen molar-refractivity contribution in [2.24, 2.45) is 0 Å². The number of thioether (sulfide) groups is 1. The van der Waals surface area contributed by atoms with Crippen LogP contribution in [0.5, 0.6) is 11.5 Å². The third-order valence-corrected chi connectivity index (χ3v) is 7.55. The molecule has 0 fully saturated rings. The minimum atomic E-state index is -0.538. The van der Waals surface area contributed by atoms with E-state index in [0.29, 0.717) is 38.5 Å². The molecule has 0 saturated carbocycles. The standard InChI is InChI=1S/C29H24Cl2N2O4S/c1-36-24-9-6-10-25(37-2)26(24)28(34)32-19-11-14-21(15-12-19)38-27(18-7-4-3-5-8-18)29(35)33-20-13-16-22(30)23(31)17-20/h3-17,27H,1-2H3,(H,32,34)(H,33,35). The fourth-order valence-electron chi connectivity index (χ4n) is 3.70. The molecule has 0 spiro atoms. The van der Waals surface area contributed by atoms with Crippen LogP contribution in [0.2, 0.25) is 10.0 Å². The number of nitrogens with one attached hydrogen (secondary N) is 2. The largest absolute Gasteiger partial charge is 0.496 e. The molecule has 4 aromatic carbocycles. The molecule has 4 rings (SSSR count). The first-order valence-electron chi connectivity index (χ1n) is 11.5. The van der Waals surface area contributed by atoms with Crippen LogP contribution in [0, 0.1) is 0 Å². The second-order valence-electron chi connectivity index (χ2n) is 8.04. The Kier molecular flexibility index (Phi) is 9.18. The predicted octanol–water partition coefficient (Wildman–Crippen LogP) is 7.74. The number of benzene rings is 4. The van der Waals surface area contributed by atoms with E-state index in [1.807, 2.05) is 42.5 Å². The third kappa shape index (κ3) is 6.61. The zero-order valence-electron chi connectivity index (χ0n) is 20.5. The minimum absolute atomic E-state index is 0.208. The van der Waals surface area contributed by atoms with Crippen molar-refractivity contribution in [3.05, 3.63) is 112 Å². The van der Waals surface area contributed by atoms with E-state index in [9.17, 15) is 9.59 Å². The van der Waals surface area contributed by atoms with Gasteiger partial charge in [-0.2, -0.15) is 0 Å². The first-order chi connectivity index (χ1) is 18.4. The van der Waals surface area contributed by atoms with Gasteiger partial charge in [-0.15, -0.1) is 11.8 Å². The molecule has 0 aliphatic carbocycles. The van der Waals surface area contributed by atoms with Crippen LogP contribution in [-0.2, 0) is 4.79 Å². The lowest BCUT2D eigenvalue weighted by molar-refractivity contribution is -0.115. The van der Waals surface area contributed by atoms with Crippen molar-refractivity contribution in [1.82, 2.24) is 0 Å². The van der Waals surface area contributed by atoms with Crippen LogP contribution in [0.3, 0.4) is 0 Å². The summed E-state index contributed by atoms with van der Waals surface area (Å²) in [7, 11) is 3.00. The van der Waals surface area contributed by atoms with Gasteiger partial charge in [-0.05, 0) is 60.2 Å². The second kappa shape index (κ2) is 12.7. The first-order valence-corrected chi connectivity index (χ1v) is 13.1. The van der Waals surface area contributed by atoms with E-state index < -0.39 is 5.25 Å². The molecule has 1 unspecified atom stereocenters. The maximum Gasteiger partial charge on any atom is 0.263 e. The summed E-state index contributed by atoms with van der Waals surface area (Å²) < 4.78 is 10.7. The van der Waals surface area contributed by atoms with Gasteiger partial charge in [0, 0.05) is 16.3 Å². The van der Waals surface area contributed by atoms with E-state index in [-0.39, 0.29) is 11.8 Å². The number of amides is 2. The molecule has 0 aliphatic heterocycles. The van der Waals surface area contributed by atoms with Crippen molar-refractivity contribution in [3.63, 3.8) is 0 Å². The molecule has 0 saturated heterocycles. The van der Waals surface area contributed by atoms with Crippen molar-refractivity contribution < 1.29 is 19.1 Å². The number of hydrogen-bond donors (Lipinski definition) is 2. The average Bonchev–Trinajstić information content (AvgIpc) is 2.94. The van der Waals surface area contributed by atoms with E-state index in [2.05, 4.69) is 10.6 Å². The highest BCUT2D eigenvalue weighted by atomic mass is 35.5. The van der Waals surface area contributed by atoms with Crippen molar-refractivity contribution in [1.29, 1.82) is 0 Å². The highest BCUT2D eigenvalue weighted by Gasteiger charge is 2.23. The maximum atomic E-state index is 13.3. The Balaban J connectivity index is 1.51. The normalized spacial score (nSPS) is 11.4. The Morgan fingerprint density at radius 1 is 0.737 bits per heavy atom. The van der Waals surface area contributed by atoms with Gasteiger partial charge in [0.15, 0.2) is 0 Å². The van der Waals surface area contributed by atoms with Gasteiger partial charge >= 0.3 is 0 Å². The fourth-order valence-corrected chi connectivity index (χ4v) is 5.03. The van der Waals surface area contributed by atoms with Crippen LogP contribution < -0.4 is 20.1 Å². The van der Waals surface area contributed by atoms with Crippen molar-refractivity contribution >= 4 is 58.2 Å².